The zero-order chi connectivity index (χ0) is 53.0. The molecule has 0 aromatic carbocycles. The van der Waals surface area contributed by atoms with Crippen LogP contribution in [0.1, 0.15) is 209 Å². The standard InChI is InChI=1S/C31H49NO3.C21H33BrO2.C10H17NO.CH2O3.2K.H/c1-29(34)9-7-22-19(14-29)3-4-24-23(22)8-10-30(2)25(24)5-6-26(30)27(33)17-32-28-20-11-18-12-21(28)16-31(35,13-18)15-20;1-20(24)9-7-14-13(11-20)3-4-16-15(14)8-10-21(2)17(16)5-6-18(21)19(23)12-22;11-9-7-1-6-2-8(9)5-10(12,3-6)4-7;2-1-4-3;;;/h18-26,28,32,34-35H,3-17H2,1-2H3;13-18,24H,3-12H2,1-2H3;6-9,12H,1-5,11H2;1,3H;;;/q;;;;2*+1;-1/p-1/t18?,19-,20?,21?,22+,23-,24-,25+,26-,28?,29-,30+,31?;13-,14+,15-,16-,17+,18-,20-,21+;;;;;/m11...../s1. The smallest absolute Gasteiger partial charge is 1.00 e. The predicted octanol–water partition coefficient (Wildman–Crippen LogP) is 3.51. The Kier molecular flexibility index (Phi) is 20.5. The molecule has 4 unspecified atom stereocenters. The van der Waals surface area contributed by atoms with Crippen LogP contribution in [0.25, 0.3) is 0 Å². The fourth-order valence-corrected chi connectivity index (χ4v) is 24.4. The third-order valence-electron chi connectivity index (χ3n) is 26.5. The van der Waals surface area contributed by atoms with E-state index in [0.29, 0.717) is 65.1 Å². The molecule has 16 fully saturated rings. The summed E-state index contributed by atoms with van der Waals surface area (Å²) in [4.78, 5) is 37.4. The van der Waals surface area contributed by atoms with Gasteiger partial charge in [-0.05, 0) is 299 Å². The average molecular weight is 1190 g/mol. The second kappa shape index (κ2) is 24.8. The Labute approximate surface area is 558 Å². The number of nitrogens with two attached hydrogens (primary N) is 1. The van der Waals surface area contributed by atoms with Crippen LogP contribution in [0.2, 0.25) is 0 Å². The number of halogens is 1. The summed E-state index contributed by atoms with van der Waals surface area (Å²) in [5.41, 5.74) is 5.03. The molecule has 16 aliphatic rings. The first kappa shape index (κ1) is 63.8. The van der Waals surface area contributed by atoms with E-state index in [1.54, 1.807) is 0 Å². The Balaban J connectivity index is 0.000000161. The maximum Gasteiger partial charge on any atom is 1.00 e. The number of aliphatic hydroxyl groups is 4. The van der Waals surface area contributed by atoms with Gasteiger partial charge < -0.3 is 43.0 Å². The summed E-state index contributed by atoms with van der Waals surface area (Å²) in [6.45, 7) is 9.39. The number of fused-ring (bicyclic) bond motifs is 10. The minimum Gasteiger partial charge on any atom is -1.00 e. The van der Waals surface area contributed by atoms with Crippen molar-refractivity contribution >= 4 is 34.0 Å². The molecule has 14 heteroatoms. The number of ketones is 2. The summed E-state index contributed by atoms with van der Waals surface area (Å²) in [6.07, 6.45) is 32.7. The molecule has 0 radical (unpaired) electrons. The summed E-state index contributed by atoms with van der Waals surface area (Å²) in [7, 11) is 0. The molecular formula is C63H101BrK2N2O9. The minimum atomic E-state index is -0.440. The zero-order valence-electron chi connectivity index (χ0n) is 49.6. The van der Waals surface area contributed by atoms with Gasteiger partial charge in [0.1, 0.15) is 11.6 Å². The van der Waals surface area contributed by atoms with Crippen LogP contribution in [0, 0.1) is 117 Å². The van der Waals surface area contributed by atoms with Crippen molar-refractivity contribution in [2.45, 2.75) is 242 Å². The summed E-state index contributed by atoms with van der Waals surface area (Å²) < 4.78 is 0. The Morgan fingerprint density at radius 2 is 0.961 bits per heavy atom. The van der Waals surface area contributed by atoms with Crippen LogP contribution in [0.3, 0.4) is 0 Å². The number of rotatable bonds is 7. The first-order valence-electron chi connectivity index (χ1n) is 31.3. The van der Waals surface area contributed by atoms with E-state index in [1.807, 2.05) is 6.92 Å². The molecule has 0 saturated heterocycles. The molecular weight excluding hydrogens is 1090 g/mol. The van der Waals surface area contributed by atoms with E-state index in [2.05, 4.69) is 46.9 Å². The predicted molar refractivity (Wildman–Crippen MR) is 291 cm³/mol. The van der Waals surface area contributed by atoms with Gasteiger partial charge in [0.15, 0.2) is 0 Å². The molecule has 7 N–H and O–H groups in total. The SMILES string of the molecule is C[C@@]1(O)CC[C@H]2[C@H](CC[C@@H]3[C@@H]2CC[C@]2(C)[C@@H](C(=O)CBr)CC[C@@H]32)C1.C[C@@]1(O)CC[C@H]2[C@H](CC[C@@H]3[C@@H]2CC[C@]2(C)[C@@H](C(=O)CNC4C5CC6CC4CC(O)(C6)C5)CC[C@@H]32)C1.NC1C2CC3CC1CC(O)(C3)C2.O=CO[O-].[H-].[K+].[K+]. The van der Waals surface area contributed by atoms with E-state index in [9.17, 15) is 30.0 Å². The van der Waals surface area contributed by atoms with Gasteiger partial charge in [0, 0.05) is 23.9 Å². The Hall–Kier alpha value is 2.28. The maximum atomic E-state index is 13.7. The molecule has 0 heterocycles. The number of alkyl halides is 1. The number of carbonyl (C=O) groups is 3. The third kappa shape index (κ3) is 12.6. The number of hydrogen-bond donors (Lipinski definition) is 6. The van der Waals surface area contributed by atoms with Gasteiger partial charge in [0.05, 0.1) is 34.3 Å². The van der Waals surface area contributed by atoms with Crippen LogP contribution in [0.5, 0.6) is 0 Å². The molecule has 0 aromatic rings. The molecule has 16 aliphatic carbocycles. The second-order valence-corrected chi connectivity index (χ2v) is 31.4. The van der Waals surface area contributed by atoms with Gasteiger partial charge in [-0.25, -0.2) is 0 Å². The molecule has 426 valence electrons. The zero-order valence-corrected chi connectivity index (χ0v) is 56.5. The van der Waals surface area contributed by atoms with Crippen LogP contribution < -0.4 is 119 Å². The number of nitrogens with one attached hydrogen (secondary N) is 1. The van der Waals surface area contributed by atoms with Gasteiger partial charge in [0.2, 0.25) is 0 Å². The molecule has 0 spiro atoms. The molecule has 11 nitrogen and oxygen atoms in total. The van der Waals surface area contributed by atoms with Gasteiger partial charge in [-0.15, -0.1) is 0 Å². The summed E-state index contributed by atoms with van der Waals surface area (Å²) in [5, 5.41) is 55.0. The number of hydrogen-bond acceptors (Lipinski definition) is 11. The van der Waals surface area contributed by atoms with Crippen LogP contribution in [-0.2, 0) is 19.3 Å². The van der Waals surface area contributed by atoms with Crippen molar-refractivity contribution in [3.63, 3.8) is 0 Å². The molecule has 16 rings (SSSR count). The Morgan fingerprint density at radius 3 is 1.38 bits per heavy atom. The maximum absolute atomic E-state index is 13.7. The largest absolute Gasteiger partial charge is 1.00 e. The van der Waals surface area contributed by atoms with Crippen LogP contribution in [0.15, 0.2) is 0 Å². The van der Waals surface area contributed by atoms with E-state index < -0.39 is 16.8 Å². The third-order valence-corrected chi connectivity index (χ3v) is 27.0. The van der Waals surface area contributed by atoms with E-state index in [0.717, 1.165) is 148 Å². The van der Waals surface area contributed by atoms with Gasteiger partial charge in [-0.2, -0.15) is 0 Å². The molecule has 0 aromatic heterocycles. The first-order valence-corrected chi connectivity index (χ1v) is 32.4. The van der Waals surface area contributed by atoms with E-state index >= 15 is 0 Å². The van der Waals surface area contributed by atoms with Crippen LogP contribution in [-0.4, -0.2) is 84.8 Å². The van der Waals surface area contributed by atoms with Crippen molar-refractivity contribution < 1.29 is 149 Å². The summed E-state index contributed by atoms with van der Waals surface area (Å²) in [6, 6.07) is 0.858. The van der Waals surface area contributed by atoms with Crippen molar-refractivity contribution in [3.8, 4) is 0 Å². The van der Waals surface area contributed by atoms with Gasteiger partial charge in [0.25, 0.3) is 6.47 Å². The van der Waals surface area contributed by atoms with Gasteiger partial charge >= 0.3 is 103 Å². The molecule has 16 saturated carbocycles. The van der Waals surface area contributed by atoms with Crippen molar-refractivity contribution in [1.29, 1.82) is 0 Å². The monoisotopic (exact) mass is 1190 g/mol. The van der Waals surface area contributed by atoms with Crippen LogP contribution in [0.4, 0.5) is 0 Å². The fraction of sp³-hybridized carbons (Fsp3) is 0.952. The van der Waals surface area contributed by atoms with Crippen LogP contribution >= 0.6 is 15.9 Å². The van der Waals surface area contributed by atoms with Crippen molar-refractivity contribution in [3.05, 3.63) is 0 Å². The van der Waals surface area contributed by atoms with Crippen molar-refractivity contribution in [2.24, 2.45) is 123 Å². The Morgan fingerprint density at radius 1 is 0.558 bits per heavy atom. The number of Topliss-reactive ketones (excluding diaryl/α,β-unsaturated/α-hetero) is 2. The topological polar surface area (TPSA) is 202 Å². The number of carbonyl (C=O) groups excluding carboxylic acids is 3. The quantitative estimate of drug-likeness (QED) is 0.0717. The van der Waals surface area contributed by atoms with Gasteiger partial charge in [-0.3, -0.25) is 14.4 Å². The summed E-state index contributed by atoms with van der Waals surface area (Å²) in [5.74, 6) is 13.5. The van der Waals surface area contributed by atoms with Gasteiger partial charge in [-0.1, -0.05) is 29.8 Å². The van der Waals surface area contributed by atoms with Crippen molar-refractivity contribution in [2.75, 3.05) is 11.9 Å². The first-order chi connectivity index (χ1) is 35.6. The Bertz CT molecular complexity index is 2070. The van der Waals surface area contributed by atoms with E-state index in [1.165, 1.54) is 103 Å². The average Bonchev–Trinajstić information content (AvgIpc) is 4.05. The molecule has 8 bridgehead atoms. The molecule has 20 atom stereocenters. The van der Waals surface area contributed by atoms with E-state index in [-0.39, 0.29) is 133 Å². The molecule has 0 aliphatic heterocycles. The normalized spacial score (nSPS) is 53.4. The summed E-state index contributed by atoms with van der Waals surface area (Å²) >= 11 is 3.42. The fourth-order valence-electron chi connectivity index (χ4n) is 24.0. The minimum absolute atomic E-state index is 0. The molecule has 77 heavy (non-hydrogen) atoms. The second-order valence-electron chi connectivity index (χ2n) is 30.8. The van der Waals surface area contributed by atoms with E-state index in [4.69, 9.17) is 15.8 Å². The molecule has 0 amide bonds. The van der Waals surface area contributed by atoms with Crippen molar-refractivity contribution in [1.82, 2.24) is 5.32 Å².